The van der Waals surface area contributed by atoms with Gasteiger partial charge in [-0.05, 0) is 25.0 Å². The minimum Gasteiger partial charge on any atom is -0.294 e. The SMILES string of the molecule is O=C(c1ccc(S(=O)(=O)Cl)cc1)C1CC1. The van der Waals surface area contributed by atoms with Crippen LogP contribution in [0.25, 0.3) is 0 Å². The zero-order valence-electron chi connectivity index (χ0n) is 7.81. The highest BCUT2D eigenvalue weighted by molar-refractivity contribution is 8.13. The van der Waals surface area contributed by atoms with Gasteiger partial charge < -0.3 is 0 Å². The molecule has 1 aliphatic carbocycles. The second-order valence-corrected chi connectivity index (χ2v) is 6.17. The summed E-state index contributed by atoms with van der Waals surface area (Å²) in [6.07, 6.45) is 1.88. The minimum absolute atomic E-state index is 0.0245. The Hall–Kier alpha value is -0.870. The molecule has 5 heteroatoms. The molecular formula is C10H9ClO3S. The standard InChI is InChI=1S/C10H9ClO3S/c11-15(13,14)9-5-3-8(4-6-9)10(12)7-1-2-7/h3-7H,1-2H2. The highest BCUT2D eigenvalue weighted by Crippen LogP contribution is 2.32. The van der Waals surface area contributed by atoms with Crippen LogP contribution in [0.3, 0.4) is 0 Å². The molecule has 0 saturated heterocycles. The van der Waals surface area contributed by atoms with Gasteiger partial charge in [0.25, 0.3) is 9.05 Å². The van der Waals surface area contributed by atoms with Crippen LogP contribution in [0, 0.1) is 5.92 Å². The van der Waals surface area contributed by atoms with Crippen molar-refractivity contribution in [1.82, 2.24) is 0 Å². The van der Waals surface area contributed by atoms with E-state index in [1.54, 1.807) is 0 Å². The number of rotatable bonds is 3. The molecule has 0 bridgehead atoms. The maximum absolute atomic E-state index is 11.6. The average molecular weight is 245 g/mol. The summed E-state index contributed by atoms with van der Waals surface area (Å²) in [5.41, 5.74) is 0.557. The molecule has 3 nitrogen and oxygen atoms in total. The fraction of sp³-hybridized carbons (Fsp3) is 0.300. The summed E-state index contributed by atoms with van der Waals surface area (Å²) in [7, 11) is 1.46. The summed E-state index contributed by atoms with van der Waals surface area (Å²) in [5, 5.41) is 0. The van der Waals surface area contributed by atoms with Gasteiger partial charge in [0.2, 0.25) is 0 Å². The second kappa shape index (κ2) is 3.61. The molecule has 2 rings (SSSR count). The first kappa shape index (κ1) is 10.6. The maximum Gasteiger partial charge on any atom is 0.261 e. The van der Waals surface area contributed by atoms with Crippen molar-refractivity contribution < 1.29 is 13.2 Å². The van der Waals surface area contributed by atoms with Crippen LogP contribution in [0.5, 0.6) is 0 Å². The Bertz CT molecular complexity index is 486. The van der Waals surface area contributed by atoms with Gasteiger partial charge in [-0.3, -0.25) is 4.79 Å². The van der Waals surface area contributed by atoms with Crippen molar-refractivity contribution in [2.45, 2.75) is 17.7 Å². The van der Waals surface area contributed by atoms with Crippen molar-refractivity contribution in [3.63, 3.8) is 0 Å². The molecule has 0 heterocycles. The first-order valence-corrected chi connectivity index (χ1v) is 6.88. The molecule has 1 aromatic carbocycles. The van der Waals surface area contributed by atoms with Crippen LogP contribution in [0.4, 0.5) is 0 Å². The highest BCUT2D eigenvalue weighted by Gasteiger charge is 2.30. The molecular weight excluding hydrogens is 236 g/mol. The van der Waals surface area contributed by atoms with Gasteiger partial charge in [-0.1, -0.05) is 12.1 Å². The van der Waals surface area contributed by atoms with Gasteiger partial charge in [0.05, 0.1) is 4.90 Å². The van der Waals surface area contributed by atoms with E-state index >= 15 is 0 Å². The largest absolute Gasteiger partial charge is 0.294 e. The first-order chi connectivity index (χ1) is 6.98. The third kappa shape index (κ3) is 2.38. The normalized spacial score (nSPS) is 16.3. The molecule has 0 amide bonds. The van der Waals surface area contributed by atoms with Crippen LogP contribution in [0.15, 0.2) is 29.2 Å². The Balaban J connectivity index is 2.27. The van der Waals surface area contributed by atoms with E-state index in [1.807, 2.05) is 0 Å². The Labute approximate surface area is 92.5 Å². The number of hydrogen-bond acceptors (Lipinski definition) is 3. The van der Waals surface area contributed by atoms with Crippen LogP contribution in [0.2, 0.25) is 0 Å². The number of carbonyl (C=O) groups is 1. The fourth-order valence-corrected chi connectivity index (χ4v) is 2.13. The minimum atomic E-state index is -3.69. The third-order valence-corrected chi connectivity index (χ3v) is 3.74. The molecule has 0 atom stereocenters. The van der Waals surface area contributed by atoms with Crippen molar-refractivity contribution in [1.29, 1.82) is 0 Å². The summed E-state index contributed by atoms with van der Waals surface area (Å²) in [6.45, 7) is 0. The molecule has 1 aliphatic rings. The number of halogens is 1. The van der Waals surface area contributed by atoms with Crippen molar-refractivity contribution in [3.05, 3.63) is 29.8 Å². The predicted molar refractivity (Wildman–Crippen MR) is 56.5 cm³/mol. The van der Waals surface area contributed by atoms with Gasteiger partial charge in [-0.2, -0.15) is 0 Å². The molecule has 0 radical (unpaired) electrons. The average Bonchev–Trinajstić information content (AvgIpc) is 2.99. The van der Waals surface area contributed by atoms with Gasteiger partial charge in [-0.15, -0.1) is 0 Å². The lowest BCUT2D eigenvalue weighted by atomic mass is 10.1. The molecule has 1 fully saturated rings. The molecule has 80 valence electrons. The molecule has 0 aromatic heterocycles. The van der Waals surface area contributed by atoms with Crippen molar-refractivity contribution >= 4 is 25.5 Å². The van der Waals surface area contributed by atoms with Crippen LogP contribution in [0.1, 0.15) is 23.2 Å². The number of Topliss-reactive ketones (excluding diaryl/α,β-unsaturated/α-hetero) is 1. The summed E-state index contributed by atoms with van der Waals surface area (Å²) in [4.78, 5) is 11.6. The first-order valence-electron chi connectivity index (χ1n) is 4.57. The van der Waals surface area contributed by atoms with E-state index in [4.69, 9.17) is 10.7 Å². The van der Waals surface area contributed by atoms with Crippen LogP contribution in [-0.2, 0) is 9.05 Å². The lowest BCUT2D eigenvalue weighted by Gasteiger charge is -1.99. The zero-order chi connectivity index (χ0) is 11.1. The molecule has 1 aromatic rings. The number of ketones is 1. The summed E-state index contributed by atoms with van der Waals surface area (Å²) < 4.78 is 21.9. The molecule has 0 aliphatic heterocycles. The van der Waals surface area contributed by atoms with E-state index in [-0.39, 0.29) is 16.6 Å². The highest BCUT2D eigenvalue weighted by atomic mass is 35.7. The summed E-state index contributed by atoms with van der Waals surface area (Å²) in [5.74, 6) is 0.233. The van der Waals surface area contributed by atoms with E-state index in [0.29, 0.717) is 5.56 Å². The van der Waals surface area contributed by atoms with E-state index in [2.05, 4.69) is 0 Å². The van der Waals surface area contributed by atoms with Gasteiger partial charge in [-0.25, -0.2) is 8.42 Å². The Morgan fingerprint density at radius 3 is 2.13 bits per heavy atom. The summed E-state index contributed by atoms with van der Waals surface area (Å²) in [6, 6.07) is 5.74. The number of benzene rings is 1. The van der Waals surface area contributed by atoms with Crippen LogP contribution in [-0.4, -0.2) is 14.2 Å². The van der Waals surface area contributed by atoms with Crippen LogP contribution < -0.4 is 0 Å². The molecule has 1 saturated carbocycles. The van der Waals surface area contributed by atoms with Gasteiger partial charge >= 0.3 is 0 Å². The van der Waals surface area contributed by atoms with E-state index in [0.717, 1.165) is 12.8 Å². The Morgan fingerprint density at radius 2 is 1.73 bits per heavy atom. The van der Waals surface area contributed by atoms with Crippen molar-refractivity contribution in [3.8, 4) is 0 Å². The molecule has 0 N–H and O–H groups in total. The smallest absolute Gasteiger partial charge is 0.261 e. The Kier molecular flexibility index (Phi) is 2.56. The van der Waals surface area contributed by atoms with Gasteiger partial charge in [0.15, 0.2) is 5.78 Å². The van der Waals surface area contributed by atoms with Gasteiger partial charge in [0, 0.05) is 22.2 Å². The maximum atomic E-state index is 11.6. The molecule has 0 spiro atoms. The zero-order valence-corrected chi connectivity index (χ0v) is 9.38. The lowest BCUT2D eigenvalue weighted by Crippen LogP contribution is -2.01. The lowest BCUT2D eigenvalue weighted by molar-refractivity contribution is 0.0967. The topological polar surface area (TPSA) is 51.2 Å². The van der Waals surface area contributed by atoms with Crippen molar-refractivity contribution in [2.75, 3.05) is 0 Å². The summed E-state index contributed by atoms with van der Waals surface area (Å²) >= 11 is 0. The predicted octanol–water partition coefficient (Wildman–Crippen LogP) is 2.21. The second-order valence-electron chi connectivity index (χ2n) is 3.60. The fourth-order valence-electron chi connectivity index (χ4n) is 1.36. The molecule has 0 unspecified atom stereocenters. The van der Waals surface area contributed by atoms with E-state index in [1.165, 1.54) is 24.3 Å². The monoisotopic (exact) mass is 244 g/mol. The number of hydrogen-bond donors (Lipinski definition) is 0. The van der Waals surface area contributed by atoms with Gasteiger partial charge in [0.1, 0.15) is 0 Å². The van der Waals surface area contributed by atoms with E-state index in [9.17, 15) is 13.2 Å². The molecule has 15 heavy (non-hydrogen) atoms. The Morgan fingerprint density at radius 1 is 1.20 bits per heavy atom. The van der Waals surface area contributed by atoms with Crippen molar-refractivity contribution in [2.24, 2.45) is 5.92 Å². The van der Waals surface area contributed by atoms with Crippen LogP contribution >= 0.6 is 10.7 Å². The third-order valence-electron chi connectivity index (χ3n) is 2.37. The van der Waals surface area contributed by atoms with E-state index < -0.39 is 9.05 Å². The quantitative estimate of drug-likeness (QED) is 0.605. The number of carbonyl (C=O) groups excluding carboxylic acids is 1.